The van der Waals surface area contributed by atoms with E-state index in [1.54, 1.807) is 0 Å². The first-order chi connectivity index (χ1) is 11.6. The van der Waals surface area contributed by atoms with E-state index in [9.17, 15) is 9.59 Å². The number of nitrogens with one attached hydrogen (secondary N) is 1. The van der Waals surface area contributed by atoms with E-state index in [1.807, 2.05) is 48.2 Å². The first-order valence-corrected chi connectivity index (χ1v) is 8.29. The quantitative estimate of drug-likeness (QED) is 0.938. The maximum Gasteiger partial charge on any atom is 0.242 e. The fourth-order valence-corrected chi connectivity index (χ4v) is 3.04. The van der Waals surface area contributed by atoms with Gasteiger partial charge in [0.2, 0.25) is 11.8 Å². The first-order valence-electron chi connectivity index (χ1n) is 8.29. The Balaban J connectivity index is 1.51. The van der Waals surface area contributed by atoms with Gasteiger partial charge in [0.1, 0.15) is 0 Å². The molecule has 0 radical (unpaired) electrons. The molecule has 1 aliphatic rings. The van der Waals surface area contributed by atoms with Crippen molar-refractivity contribution >= 4 is 11.8 Å². The molecule has 2 aromatic rings. The van der Waals surface area contributed by atoms with Crippen molar-refractivity contribution in [3.63, 3.8) is 0 Å². The van der Waals surface area contributed by atoms with Crippen LogP contribution in [0.15, 0.2) is 48.5 Å². The molecule has 1 N–H and O–H groups in total. The van der Waals surface area contributed by atoms with E-state index in [4.69, 9.17) is 0 Å². The molecule has 1 aliphatic heterocycles. The van der Waals surface area contributed by atoms with Crippen molar-refractivity contribution in [2.75, 3.05) is 13.1 Å². The molecule has 1 heterocycles. The number of carbonyl (C=O) groups is 2. The summed E-state index contributed by atoms with van der Waals surface area (Å²) < 4.78 is 0. The lowest BCUT2D eigenvalue weighted by Gasteiger charge is -2.29. The maximum absolute atomic E-state index is 12.3. The number of aryl methyl sites for hydroxylation is 1. The molecule has 0 saturated carbocycles. The third kappa shape index (κ3) is 3.82. The Bertz CT molecular complexity index is 755. The molecule has 4 heteroatoms. The number of rotatable bonds is 4. The second kappa shape index (κ2) is 7.30. The van der Waals surface area contributed by atoms with Gasteiger partial charge >= 0.3 is 0 Å². The van der Waals surface area contributed by atoms with Gasteiger partial charge in [0.25, 0.3) is 0 Å². The zero-order valence-corrected chi connectivity index (χ0v) is 13.9. The van der Waals surface area contributed by atoms with Crippen molar-refractivity contribution < 1.29 is 9.59 Å². The second-order valence-corrected chi connectivity index (χ2v) is 6.21. The van der Waals surface area contributed by atoms with Crippen molar-refractivity contribution in [1.29, 1.82) is 0 Å². The van der Waals surface area contributed by atoms with Crippen LogP contribution in [-0.2, 0) is 29.0 Å². The van der Waals surface area contributed by atoms with E-state index in [1.165, 1.54) is 11.1 Å². The molecule has 0 aliphatic carbocycles. The highest BCUT2D eigenvalue weighted by Gasteiger charge is 2.20. The number of hydrogen-bond acceptors (Lipinski definition) is 2. The third-order valence-electron chi connectivity index (χ3n) is 4.53. The Morgan fingerprint density at radius 1 is 1.04 bits per heavy atom. The summed E-state index contributed by atoms with van der Waals surface area (Å²) in [6, 6.07) is 16.0. The standard InChI is InChI=1S/C20H22N2O2/c1-15-6-2-3-8-17(15)12-19(23)21-13-20(24)22-11-10-16-7-4-5-9-18(16)14-22/h2-9H,10-14H2,1H3,(H,21,23). The zero-order valence-electron chi connectivity index (χ0n) is 13.9. The normalized spacial score (nSPS) is 13.3. The van der Waals surface area contributed by atoms with Crippen LogP contribution in [0.5, 0.6) is 0 Å². The summed E-state index contributed by atoms with van der Waals surface area (Å²) in [5.74, 6) is -0.141. The Labute approximate surface area is 142 Å². The van der Waals surface area contributed by atoms with E-state index in [0.29, 0.717) is 19.5 Å². The van der Waals surface area contributed by atoms with Gasteiger partial charge in [0.15, 0.2) is 0 Å². The van der Waals surface area contributed by atoms with E-state index >= 15 is 0 Å². The van der Waals surface area contributed by atoms with Crippen LogP contribution in [0.25, 0.3) is 0 Å². The average Bonchev–Trinajstić information content (AvgIpc) is 2.61. The molecule has 3 rings (SSSR count). The Morgan fingerprint density at radius 2 is 1.75 bits per heavy atom. The maximum atomic E-state index is 12.3. The largest absolute Gasteiger partial charge is 0.347 e. The van der Waals surface area contributed by atoms with E-state index in [0.717, 1.165) is 17.5 Å². The van der Waals surface area contributed by atoms with Gasteiger partial charge < -0.3 is 10.2 Å². The molecular formula is C20H22N2O2. The summed E-state index contributed by atoms with van der Waals surface area (Å²) in [6.07, 6.45) is 1.18. The topological polar surface area (TPSA) is 49.4 Å². The molecule has 0 atom stereocenters. The van der Waals surface area contributed by atoms with Gasteiger partial charge in [-0.1, -0.05) is 48.5 Å². The van der Waals surface area contributed by atoms with Gasteiger partial charge in [-0.2, -0.15) is 0 Å². The molecule has 124 valence electrons. The summed E-state index contributed by atoms with van der Waals surface area (Å²) in [5, 5.41) is 2.75. The number of benzene rings is 2. The van der Waals surface area contributed by atoms with Crippen LogP contribution >= 0.6 is 0 Å². The highest BCUT2D eigenvalue weighted by atomic mass is 16.2. The fraction of sp³-hybridized carbons (Fsp3) is 0.300. The van der Waals surface area contributed by atoms with Crippen LogP contribution in [0.1, 0.15) is 22.3 Å². The third-order valence-corrected chi connectivity index (χ3v) is 4.53. The van der Waals surface area contributed by atoms with Gasteiger partial charge in [0, 0.05) is 13.1 Å². The van der Waals surface area contributed by atoms with E-state index < -0.39 is 0 Å². The SMILES string of the molecule is Cc1ccccc1CC(=O)NCC(=O)N1CCc2ccccc2C1. The van der Waals surface area contributed by atoms with Crippen molar-refractivity contribution in [1.82, 2.24) is 10.2 Å². The van der Waals surface area contributed by atoms with Crippen LogP contribution in [0.4, 0.5) is 0 Å². The van der Waals surface area contributed by atoms with Gasteiger partial charge in [-0.25, -0.2) is 0 Å². The Kier molecular flexibility index (Phi) is 4.94. The molecule has 0 aromatic heterocycles. The van der Waals surface area contributed by atoms with E-state index in [-0.39, 0.29) is 18.4 Å². The molecule has 0 fully saturated rings. The summed E-state index contributed by atoms with van der Waals surface area (Å²) in [6.45, 7) is 3.39. The number of fused-ring (bicyclic) bond motifs is 1. The highest BCUT2D eigenvalue weighted by Crippen LogP contribution is 2.18. The van der Waals surface area contributed by atoms with E-state index in [2.05, 4.69) is 17.4 Å². The van der Waals surface area contributed by atoms with Crippen molar-refractivity contribution in [3.05, 3.63) is 70.8 Å². The van der Waals surface area contributed by atoms with Crippen LogP contribution in [-0.4, -0.2) is 29.8 Å². The van der Waals surface area contributed by atoms with Gasteiger partial charge in [0.05, 0.1) is 13.0 Å². The zero-order chi connectivity index (χ0) is 16.9. The minimum absolute atomic E-state index is 0.0253. The fourth-order valence-electron chi connectivity index (χ4n) is 3.04. The molecule has 0 saturated heterocycles. The van der Waals surface area contributed by atoms with Crippen LogP contribution in [0, 0.1) is 6.92 Å². The number of amides is 2. The number of hydrogen-bond donors (Lipinski definition) is 1. The molecule has 2 amide bonds. The molecule has 0 bridgehead atoms. The summed E-state index contributed by atoms with van der Waals surface area (Å²) in [4.78, 5) is 26.2. The molecule has 0 spiro atoms. The minimum atomic E-state index is -0.116. The van der Waals surface area contributed by atoms with Gasteiger partial charge in [-0.3, -0.25) is 9.59 Å². The van der Waals surface area contributed by atoms with Gasteiger partial charge in [-0.05, 0) is 35.6 Å². The van der Waals surface area contributed by atoms with Crippen LogP contribution < -0.4 is 5.32 Å². The second-order valence-electron chi connectivity index (χ2n) is 6.21. The highest BCUT2D eigenvalue weighted by molar-refractivity contribution is 5.86. The summed E-state index contributed by atoms with van der Waals surface area (Å²) in [5.41, 5.74) is 4.59. The lowest BCUT2D eigenvalue weighted by molar-refractivity contribution is -0.133. The monoisotopic (exact) mass is 322 g/mol. The molecule has 0 unspecified atom stereocenters. The predicted molar refractivity (Wildman–Crippen MR) is 93.5 cm³/mol. The molecular weight excluding hydrogens is 300 g/mol. The summed E-state index contributed by atoms with van der Waals surface area (Å²) in [7, 11) is 0. The molecule has 4 nitrogen and oxygen atoms in total. The van der Waals surface area contributed by atoms with Crippen LogP contribution in [0.3, 0.4) is 0 Å². The number of carbonyl (C=O) groups excluding carboxylic acids is 2. The number of nitrogens with zero attached hydrogens (tertiary/aromatic N) is 1. The molecule has 2 aromatic carbocycles. The minimum Gasteiger partial charge on any atom is -0.347 e. The summed E-state index contributed by atoms with van der Waals surface area (Å²) >= 11 is 0. The first kappa shape index (κ1) is 16.2. The van der Waals surface area contributed by atoms with Crippen molar-refractivity contribution in [2.24, 2.45) is 0 Å². The lowest BCUT2D eigenvalue weighted by Crippen LogP contribution is -2.42. The average molecular weight is 322 g/mol. The van der Waals surface area contributed by atoms with Gasteiger partial charge in [-0.15, -0.1) is 0 Å². The lowest BCUT2D eigenvalue weighted by atomic mass is 10.00. The Morgan fingerprint density at radius 3 is 2.54 bits per heavy atom. The molecule has 24 heavy (non-hydrogen) atoms. The van der Waals surface area contributed by atoms with Crippen molar-refractivity contribution in [2.45, 2.75) is 26.3 Å². The van der Waals surface area contributed by atoms with Crippen LogP contribution in [0.2, 0.25) is 0 Å². The Hall–Kier alpha value is -2.62. The van der Waals surface area contributed by atoms with Crippen molar-refractivity contribution in [3.8, 4) is 0 Å². The smallest absolute Gasteiger partial charge is 0.242 e. The predicted octanol–water partition coefficient (Wildman–Crippen LogP) is 2.24.